The zero-order valence-electron chi connectivity index (χ0n) is 18.7. The van der Waals surface area contributed by atoms with Gasteiger partial charge in [0.25, 0.3) is 0 Å². The smallest absolute Gasteiger partial charge is 0.0351 e. The summed E-state index contributed by atoms with van der Waals surface area (Å²) in [6, 6.07) is 0. The Bertz CT molecular complexity index is 253. The van der Waals surface area contributed by atoms with Crippen LogP contribution in [0.25, 0.3) is 0 Å². The Morgan fingerprint density at radius 2 is 0.538 bits per heavy atom. The second-order valence-corrected chi connectivity index (χ2v) is 8.41. The van der Waals surface area contributed by atoms with Gasteiger partial charge < -0.3 is 0 Å². The minimum absolute atomic E-state index is 1.30. The first kappa shape index (κ1) is 25.7. The third kappa shape index (κ3) is 23.7. The maximum absolute atomic E-state index is 2.42. The fourth-order valence-corrected chi connectivity index (χ4v) is 3.73. The standard InChI is InChI=1S/C26H52/c1-3-5-7-9-11-13-15-17-19-21-23-25-26-24-22-20-18-16-14-12-10-8-6-4-2/h11,13H,3-10,12,14-26H2,1-2H3/b13-11+. The monoisotopic (exact) mass is 364 g/mol. The van der Waals surface area contributed by atoms with E-state index < -0.39 is 0 Å². The van der Waals surface area contributed by atoms with Crippen molar-refractivity contribution in [2.75, 3.05) is 0 Å². The van der Waals surface area contributed by atoms with Gasteiger partial charge in [0.2, 0.25) is 0 Å². The third-order valence-corrected chi connectivity index (χ3v) is 5.62. The zero-order chi connectivity index (χ0) is 19.0. The van der Waals surface area contributed by atoms with Crippen LogP contribution in [-0.4, -0.2) is 0 Å². The predicted octanol–water partition coefficient (Wildman–Crippen LogP) is 10.2. The normalized spacial score (nSPS) is 11.6. The van der Waals surface area contributed by atoms with Gasteiger partial charge in [0.15, 0.2) is 0 Å². The molecule has 0 aliphatic carbocycles. The molecule has 156 valence electrons. The molecule has 26 heavy (non-hydrogen) atoms. The van der Waals surface area contributed by atoms with Crippen molar-refractivity contribution in [1.29, 1.82) is 0 Å². The van der Waals surface area contributed by atoms with Gasteiger partial charge in [-0.2, -0.15) is 0 Å². The van der Waals surface area contributed by atoms with Gasteiger partial charge in [-0.15, -0.1) is 0 Å². The number of hydrogen-bond donors (Lipinski definition) is 0. The topological polar surface area (TPSA) is 0 Å². The molecule has 0 saturated heterocycles. The summed E-state index contributed by atoms with van der Waals surface area (Å²) in [6.45, 7) is 4.58. The van der Waals surface area contributed by atoms with E-state index in [1.54, 1.807) is 0 Å². The summed E-state index contributed by atoms with van der Waals surface area (Å²) >= 11 is 0. The van der Waals surface area contributed by atoms with E-state index >= 15 is 0 Å². The van der Waals surface area contributed by atoms with Crippen LogP contribution in [-0.2, 0) is 0 Å². The molecule has 0 N–H and O–H groups in total. The Hall–Kier alpha value is -0.260. The number of unbranched alkanes of at least 4 members (excludes halogenated alkanes) is 20. The summed E-state index contributed by atoms with van der Waals surface area (Å²) in [7, 11) is 0. The van der Waals surface area contributed by atoms with Crippen LogP contribution >= 0.6 is 0 Å². The van der Waals surface area contributed by atoms with E-state index in [2.05, 4.69) is 26.0 Å². The Labute approximate surface area is 167 Å². The van der Waals surface area contributed by atoms with Gasteiger partial charge in [0.1, 0.15) is 0 Å². The van der Waals surface area contributed by atoms with Crippen LogP contribution < -0.4 is 0 Å². The molecular weight excluding hydrogens is 312 g/mol. The molecule has 0 aromatic carbocycles. The molecular formula is C26H52. The molecule has 0 rings (SSSR count). The maximum Gasteiger partial charge on any atom is -0.0351 e. The molecule has 0 fully saturated rings. The van der Waals surface area contributed by atoms with Crippen molar-refractivity contribution >= 4 is 0 Å². The fourth-order valence-electron chi connectivity index (χ4n) is 3.73. The van der Waals surface area contributed by atoms with Crippen LogP contribution in [0.3, 0.4) is 0 Å². The first-order valence-corrected chi connectivity index (χ1v) is 12.6. The van der Waals surface area contributed by atoms with E-state index in [0.29, 0.717) is 0 Å². The molecule has 0 spiro atoms. The Kier molecular flexibility index (Phi) is 24.5. The number of allylic oxidation sites excluding steroid dienone is 2. The Balaban J connectivity index is 3.01. The highest BCUT2D eigenvalue weighted by atomic mass is 14.0. The van der Waals surface area contributed by atoms with Gasteiger partial charge in [-0.1, -0.05) is 142 Å². The zero-order valence-corrected chi connectivity index (χ0v) is 18.7. The molecule has 0 aliphatic heterocycles. The van der Waals surface area contributed by atoms with E-state index in [4.69, 9.17) is 0 Å². The van der Waals surface area contributed by atoms with Crippen LogP contribution in [0.15, 0.2) is 12.2 Å². The lowest BCUT2D eigenvalue weighted by atomic mass is 10.0. The van der Waals surface area contributed by atoms with Crippen LogP contribution in [0.2, 0.25) is 0 Å². The van der Waals surface area contributed by atoms with Gasteiger partial charge in [-0.3, -0.25) is 0 Å². The van der Waals surface area contributed by atoms with Crippen LogP contribution in [0, 0.1) is 0 Å². The van der Waals surface area contributed by atoms with Crippen molar-refractivity contribution in [2.45, 2.75) is 155 Å². The van der Waals surface area contributed by atoms with E-state index in [9.17, 15) is 0 Å². The summed E-state index contributed by atoms with van der Waals surface area (Å²) in [6.07, 6.45) is 36.4. The van der Waals surface area contributed by atoms with Crippen molar-refractivity contribution in [2.24, 2.45) is 0 Å². The molecule has 0 heteroatoms. The molecule has 0 radical (unpaired) electrons. The van der Waals surface area contributed by atoms with Crippen molar-refractivity contribution in [3.05, 3.63) is 12.2 Å². The van der Waals surface area contributed by atoms with Crippen LogP contribution in [0.4, 0.5) is 0 Å². The van der Waals surface area contributed by atoms with Crippen LogP contribution in [0.5, 0.6) is 0 Å². The first-order chi connectivity index (χ1) is 12.9. The van der Waals surface area contributed by atoms with Gasteiger partial charge in [-0.05, 0) is 25.7 Å². The number of hydrogen-bond acceptors (Lipinski definition) is 0. The summed E-state index contributed by atoms with van der Waals surface area (Å²) in [5, 5.41) is 0. The minimum atomic E-state index is 1.30. The molecule has 0 bridgehead atoms. The van der Waals surface area contributed by atoms with Crippen molar-refractivity contribution in [1.82, 2.24) is 0 Å². The molecule has 0 saturated carbocycles. The van der Waals surface area contributed by atoms with Gasteiger partial charge in [0.05, 0.1) is 0 Å². The van der Waals surface area contributed by atoms with E-state index in [0.717, 1.165) is 0 Å². The molecule has 0 nitrogen and oxygen atoms in total. The maximum atomic E-state index is 2.42. The second kappa shape index (κ2) is 24.7. The fraction of sp³-hybridized carbons (Fsp3) is 0.923. The minimum Gasteiger partial charge on any atom is -0.0885 e. The second-order valence-electron chi connectivity index (χ2n) is 8.41. The van der Waals surface area contributed by atoms with E-state index in [-0.39, 0.29) is 0 Å². The van der Waals surface area contributed by atoms with Crippen molar-refractivity contribution in [3.63, 3.8) is 0 Å². The molecule has 0 aromatic rings. The lowest BCUT2D eigenvalue weighted by Gasteiger charge is -2.03. The molecule has 0 atom stereocenters. The predicted molar refractivity (Wildman–Crippen MR) is 122 cm³/mol. The lowest BCUT2D eigenvalue weighted by molar-refractivity contribution is 0.527. The molecule has 0 heterocycles. The molecule has 0 unspecified atom stereocenters. The lowest BCUT2D eigenvalue weighted by Crippen LogP contribution is -1.83. The van der Waals surface area contributed by atoms with Crippen molar-refractivity contribution < 1.29 is 0 Å². The summed E-state index contributed by atoms with van der Waals surface area (Å²) in [4.78, 5) is 0. The highest BCUT2D eigenvalue weighted by Crippen LogP contribution is 2.14. The summed E-state index contributed by atoms with van der Waals surface area (Å²) < 4.78 is 0. The SMILES string of the molecule is CCCCC/C=C/CCCCCCCCCCCCCCCCCCC. The Morgan fingerprint density at radius 3 is 0.885 bits per heavy atom. The van der Waals surface area contributed by atoms with E-state index in [1.807, 2.05) is 0 Å². The highest BCUT2D eigenvalue weighted by Gasteiger charge is 1.94. The third-order valence-electron chi connectivity index (χ3n) is 5.62. The van der Waals surface area contributed by atoms with Crippen LogP contribution in [0.1, 0.15) is 155 Å². The average molecular weight is 365 g/mol. The largest absolute Gasteiger partial charge is 0.0885 e. The van der Waals surface area contributed by atoms with E-state index in [1.165, 1.54) is 141 Å². The van der Waals surface area contributed by atoms with Gasteiger partial charge in [-0.25, -0.2) is 0 Å². The molecule has 0 aliphatic rings. The summed E-state index contributed by atoms with van der Waals surface area (Å²) in [5.41, 5.74) is 0. The average Bonchev–Trinajstić information content (AvgIpc) is 2.66. The van der Waals surface area contributed by atoms with Crippen molar-refractivity contribution in [3.8, 4) is 0 Å². The molecule has 0 aromatic heterocycles. The Morgan fingerprint density at radius 1 is 0.308 bits per heavy atom. The quantitative estimate of drug-likeness (QED) is 0.132. The van der Waals surface area contributed by atoms with Gasteiger partial charge >= 0.3 is 0 Å². The summed E-state index contributed by atoms with van der Waals surface area (Å²) in [5.74, 6) is 0. The highest BCUT2D eigenvalue weighted by molar-refractivity contribution is 4.81. The van der Waals surface area contributed by atoms with Gasteiger partial charge in [0, 0.05) is 0 Å². The number of rotatable bonds is 22. The first-order valence-electron chi connectivity index (χ1n) is 12.6. The molecule has 0 amide bonds.